The van der Waals surface area contributed by atoms with E-state index in [2.05, 4.69) is 30.4 Å². The molecule has 3 atom stereocenters. The van der Waals surface area contributed by atoms with Crippen molar-refractivity contribution in [3.63, 3.8) is 0 Å². The van der Waals surface area contributed by atoms with E-state index in [1.165, 1.54) is 42.5 Å². The van der Waals surface area contributed by atoms with Crippen molar-refractivity contribution in [2.24, 2.45) is 5.92 Å². The van der Waals surface area contributed by atoms with Gasteiger partial charge in [-0.25, -0.2) is 4.79 Å². The molecule has 0 saturated heterocycles. The van der Waals surface area contributed by atoms with Crippen LogP contribution in [0.15, 0.2) is 30.3 Å². The maximum atomic E-state index is 11.3. The van der Waals surface area contributed by atoms with E-state index in [1.807, 2.05) is 0 Å². The highest BCUT2D eigenvalue weighted by atomic mass is 35.5. The van der Waals surface area contributed by atoms with Gasteiger partial charge in [-0.2, -0.15) is 0 Å². The molecule has 0 radical (unpaired) electrons. The quantitative estimate of drug-likeness (QED) is 0.620. The lowest BCUT2D eigenvalue weighted by Gasteiger charge is -2.44. The summed E-state index contributed by atoms with van der Waals surface area (Å²) in [7, 11) is 0. The monoisotopic (exact) mass is 389 g/mol. The molecule has 0 amide bonds. The molecule has 2 aromatic carbocycles. The molecule has 1 aliphatic carbocycles. The predicted molar refractivity (Wildman–Crippen MR) is 106 cm³/mol. The Morgan fingerprint density at radius 2 is 1.81 bits per heavy atom. The van der Waals surface area contributed by atoms with Gasteiger partial charge in [0.25, 0.3) is 0 Å². The largest absolute Gasteiger partial charge is 0.478 e. The second-order valence-electron chi connectivity index (χ2n) is 7.43. The second-order valence-corrected chi connectivity index (χ2v) is 8.24. The van der Waals surface area contributed by atoms with Crippen LogP contribution in [0, 0.1) is 12.8 Å². The van der Waals surface area contributed by atoms with E-state index in [9.17, 15) is 9.90 Å². The Morgan fingerprint density at radius 1 is 1.12 bits per heavy atom. The Morgan fingerprint density at radius 3 is 2.50 bits per heavy atom. The van der Waals surface area contributed by atoms with Gasteiger partial charge in [-0.1, -0.05) is 53.7 Å². The van der Waals surface area contributed by atoms with Crippen molar-refractivity contribution >= 4 is 34.9 Å². The van der Waals surface area contributed by atoms with E-state index in [0.29, 0.717) is 21.9 Å². The number of nitrogens with one attached hydrogen (secondary N) is 1. The van der Waals surface area contributed by atoms with Gasteiger partial charge in [-0.3, -0.25) is 0 Å². The zero-order valence-corrected chi connectivity index (χ0v) is 16.1. The van der Waals surface area contributed by atoms with Crippen molar-refractivity contribution < 1.29 is 9.90 Å². The van der Waals surface area contributed by atoms with E-state index in [1.54, 1.807) is 0 Å². The Kier molecular flexibility index (Phi) is 4.62. The standard InChI is InChI=1S/C21H21Cl2NO2/c1-11-6-7-18-15(8-11)13-4-2-3-5-14(13)20(24-18)19-16(22)9-12(21(25)26)10-17(19)23/h6-10,13-14,20,24H,2-5H2,1H3,(H,25,26)/t13-,14+,20+/m1/s1. The fraction of sp³-hybridized carbons (Fsp3) is 0.381. The van der Waals surface area contributed by atoms with Crippen LogP contribution in [-0.2, 0) is 0 Å². The van der Waals surface area contributed by atoms with Gasteiger partial charge < -0.3 is 10.4 Å². The molecule has 1 heterocycles. The molecule has 1 fully saturated rings. The maximum absolute atomic E-state index is 11.3. The van der Waals surface area contributed by atoms with Gasteiger partial charge in [0.05, 0.1) is 11.6 Å². The zero-order chi connectivity index (χ0) is 18.4. The highest BCUT2D eigenvalue weighted by Gasteiger charge is 2.40. The molecule has 1 saturated carbocycles. The number of hydrogen-bond donors (Lipinski definition) is 2. The molecule has 2 aliphatic rings. The Bertz CT molecular complexity index is 857. The third-order valence-electron chi connectivity index (χ3n) is 5.80. The van der Waals surface area contributed by atoms with Crippen LogP contribution < -0.4 is 5.32 Å². The minimum Gasteiger partial charge on any atom is -0.478 e. The number of aryl methyl sites for hydroxylation is 1. The molecule has 2 aromatic rings. The van der Waals surface area contributed by atoms with Gasteiger partial charge in [0.2, 0.25) is 0 Å². The van der Waals surface area contributed by atoms with Gasteiger partial charge in [-0.05, 0) is 55.4 Å². The summed E-state index contributed by atoms with van der Waals surface area (Å²) >= 11 is 13.0. The molecule has 0 unspecified atom stereocenters. The molecular formula is C21H21Cl2NO2. The summed E-state index contributed by atoms with van der Waals surface area (Å²) in [6.07, 6.45) is 4.72. The van der Waals surface area contributed by atoms with E-state index < -0.39 is 5.97 Å². The normalized spacial score (nSPS) is 24.3. The number of hydrogen-bond acceptors (Lipinski definition) is 2. The van der Waals surface area contributed by atoms with Crippen LogP contribution in [0.5, 0.6) is 0 Å². The van der Waals surface area contributed by atoms with Crippen LogP contribution in [-0.4, -0.2) is 11.1 Å². The number of carboxylic acids is 1. The van der Waals surface area contributed by atoms with Crippen LogP contribution in [0.2, 0.25) is 10.0 Å². The van der Waals surface area contributed by atoms with Crippen LogP contribution in [0.1, 0.15) is 64.7 Å². The minimum atomic E-state index is -1.02. The number of carboxylic acid groups (broad SMARTS) is 1. The van der Waals surface area contributed by atoms with E-state index in [-0.39, 0.29) is 11.6 Å². The summed E-state index contributed by atoms with van der Waals surface area (Å²) in [6, 6.07) is 9.56. The van der Waals surface area contributed by atoms with Crippen molar-refractivity contribution in [3.8, 4) is 0 Å². The Hall–Kier alpha value is -1.71. The molecule has 2 N–H and O–H groups in total. The van der Waals surface area contributed by atoms with Crippen molar-refractivity contribution in [1.29, 1.82) is 0 Å². The van der Waals surface area contributed by atoms with Gasteiger partial charge in [0.1, 0.15) is 0 Å². The number of benzene rings is 2. The molecule has 136 valence electrons. The summed E-state index contributed by atoms with van der Waals surface area (Å²) < 4.78 is 0. The van der Waals surface area contributed by atoms with Gasteiger partial charge in [0.15, 0.2) is 0 Å². The Labute approximate surface area is 163 Å². The van der Waals surface area contributed by atoms with Crippen LogP contribution >= 0.6 is 23.2 Å². The number of halogens is 2. The first-order valence-corrected chi connectivity index (χ1v) is 9.80. The lowest BCUT2D eigenvalue weighted by atomic mass is 9.68. The average molecular weight is 390 g/mol. The van der Waals surface area contributed by atoms with Crippen molar-refractivity contribution in [2.45, 2.75) is 44.6 Å². The summed E-state index contributed by atoms with van der Waals surface area (Å²) in [5.74, 6) is -0.131. The van der Waals surface area contributed by atoms with E-state index in [0.717, 1.165) is 17.7 Å². The number of carbonyl (C=O) groups is 1. The molecule has 0 bridgehead atoms. The topological polar surface area (TPSA) is 49.3 Å². The molecule has 1 aliphatic heterocycles. The third kappa shape index (κ3) is 2.97. The first-order valence-electron chi connectivity index (χ1n) is 9.05. The number of rotatable bonds is 2. The number of fused-ring (bicyclic) bond motifs is 3. The summed E-state index contributed by atoms with van der Waals surface area (Å²) in [5, 5.41) is 13.7. The fourth-order valence-corrected chi connectivity index (χ4v) is 5.35. The van der Waals surface area contributed by atoms with Crippen LogP contribution in [0.3, 0.4) is 0 Å². The molecule has 3 nitrogen and oxygen atoms in total. The van der Waals surface area contributed by atoms with Gasteiger partial charge in [-0.15, -0.1) is 0 Å². The Balaban J connectivity index is 1.82. The molecule has 26 heavy (non-hydrogen) atoms. The van der Waals surface area contributed by atoms with Gasteiger partial charge >= 0.3 is 5.97 Å². The van der Waals surface area contributed by atoms with Crippen molar-refractivity contribution in [1.82, 2.24) is 0 Å². The molecule has 4 rings (SSSR count). The first kappa shape index (κ1) is 17.7. The maximum Gasteiger partial charge on any atom is 0.335 e. The van der Waals surface area contributed by atoms with Crippen molar-refractivity contribution in [2.75, 3.05) is 5.32 Å². The van der Waals surface area contributed by atoms with Crippen LogP contribution in [0.4, 0.5) is 5.69 Å². The highest BCUT2D eigenvalue weighted by molar-refractivity contribution is 6.36. The average Bonchev–Trinajstić information content (AvgIpc) is 2.61. The number of aromatic carboxylic acids is 1. The third-order valence-corrected chi connectivity index (χ3v) is 6.43. The molecule has 0 aromatic heterocycles. The highest BCUT2D eigenvalue weighted by Crippen LogP contribution is 2.53. The SMILES string of the molecule is Cc1ccc2c(c1)[C@@H]1CCCC[C@@H]1[C@@H](c1c(Cl)cc(C(=O)O)cc1Cl)N2. The minimum absolute atomic E-state index is 0.00153. The van der Waals surface area contributed by atoms with Crippen LogP contribution in [0.25, 0.3) is 0 Å². The first-order chi connectivity index (χ1) is 12.5. The molecular weight excluding hydrogens is 369 g/mol. The fourth-order valence-electron chi connectivity index (χ4n) is 4.63. The number of anilines is 1. The second kappa shape index (κ2) is 6.79. The summed E-state index contributed by atoms with van der Waals surface area (Å²) in [6.45, 7) is 2.13. The smallest absolute Gasteiger partial charge is 0.335 e. The lowest BCUT2D eigenvalue weighted by Crippen LogP contribution is -2.34. The molecule has 0 spiro atoms. The van der Waals surface area contributed by atoms with E-state index in [4.69, 9.17) is 23.2 Å². The predicted octanol–water partition coefficient (Wildman–Crippen LogP) is 6.44. The van der Waals surface area contributed by atoms with Crippen molar-refractivity contribution in [3.05, 3.63) is 62.6 Å². The van der Waals surface area contributed by atoms with Gasteiger partial charge in [0, 0.05) is 21.3 Å². The zero-order valence-electron chi connectivity index (χ0n) is 14.6. The summed E-state index contributed by atoms with van der Waals surface area (Å²) in [4.78, 5) is 11.3. The summed E-state index contributed by atoms with van der Waals surface area (Å²) in [5.41, 5.74) is 4.74. The van der Waals surface area contributed by atoms with E-state index >= 15 is 0 Å². The molecule has 5 heteroatoms. The lowest BCUT2D eigenvalue weighted by molar-refractivity contribution is 0.0697.